The number of aromatic nitrogens is 2. The summed E-state index contributed by atoms with van der Waals surface area (Å²) in [6, 6.07) is 15.2. The Hall–Kier alpha value is -3.17. The molecule has 0 spiro atoms. The fraction of sp³-hybridized carbons (Fsp3) is 0.0588. The third kappa shape index (κ3) is 3.42. The summed E-state index contributed by atoms with van der Waals surface area (Å²) >= 11 is 6.06. The quantitative estimate of drug-likeness (QED) is 0.674. The molecular weight excluding hydrogens is 330 g/mol. The Morgan fingerprint density at radius 1 is 1.17 bits per heavy atom. The minimum Gasteiger partial charge on any atom is -0.452 e. The zero-order valence-corrected chi connectivity index (χ0v) is 13.0. The SMILES string of the molecule is N#Cc1ccc(C(=O)OCc2nnc(-c3ccccc3Cl)o2)cc1. The summed E-state index contributed by atoms with van der Waals surface area (Å²) in [4.78, 5) is 11.9. The van der Waals surface area contributed by atoms with E-state index in [1.807, 2.05) is 6.07 Å². The summed E-state index contributed by atoms with van der Waals surface area (Å²) in [7, 11) is 0. The second kappa shape index (κ2) is 6.94. The predicted octanol–water partition coefficient (Wildman–Crippen LogP) is 3.62. The number of nitriles is 1. The van der Waals surface area contributed by atoms with Gasteiger partial charge in [0.2, 0.25) is 5.89 Å². The van der Waals surface area contributed by atoms with Crippen molar-refractivity contribution in [1.29, 1.82) is 5.26 Å². The number of rotatable bonds is 4. The highest BCUT2D eigenvalue weighted by atomic mass is 35.5. The van der Waals surface area contributed by atoms with Gasteiger partial charge in [0.15, 0.2) is 6.61 Å². The van der Waals surface area contributed by atoms with Gasteiger partial charge in [-0.3, -0.25) is 0 Å². The van der Waals surface area contributed by atoms with Crippen LogP contribution in [0.1, 0.15) is 21.8 Å². The monoisotopic (exact) mass is 339 g/mol. The molecule has 7 heteroatoms. The molecule has 0 fully saturated rings. The Kier molecular flexibility index (Phi) is 4.54. The first-order valence-electron chi connectivity index (χ1n) is 6.92. The van der Waals surface area contributed by atoms with Crippen molar-refractivity contribution in [2.45, 2.75) is 6.61 Å². The van der Waals surface area contributed by atoms with Crippen LogP contribution in [0.5, 0.6) is 0 Å². The minimum atomic E-state index is -0.544. The maximum atomic E-state index is 11.9. The van der Waals surface area contributed by atoms with Gasteiger partial charge >= 0.3 is 5.97 Å². The predicted molar refractivity (Wildman–Crippen MR) is 85.0 cm³/mol. The van der Waals surface area contributed by atoms with Crippen LogP contribution in [0.3, 0.4) is 0 Å². The van der Waals surface area contributed by atoms with Crippen molar-refractivity contribution in [3.8, 4) is 17.5 Å². The van der Waals surface area contributed by atoms with Crippen LogP contribution in [-0.4, -0.2) is 16.2 Å². The van der Waals surface area contributed by atoms with Gasteiger partial charge in [0, 0.05) is 0 Å². The summed E-state index contributed by atoms with van der Waals surface area (Å²) < 4.78 is 10.6. The number of halogens is 1. The lowest BCUT2D eigenvalue weighted by Crippen LogP contribution is -2.05. The number of esters is 1. The highest BCUT2D eigenvalue weighted by molar-refractivity contribution is 6.33. The van der Waals surface area contributed by atoms with E-state index >= 15 is 0 Å². The van der Waals surface area contributed by atoms with Crippen molar-refractivity contribution in [3.63, 3.8) is 0 Å². The lowest BCUT2D eigenvalue weighted by molar-refractivity contribution is 0.0438. The molecule has 118 valence electrons. The summed E-state index contributed by atoms with van der Waals surface area (Å²) in [5, 5.41) is 16.9. The number of carbonyl (C=O) groups excluding carboxylic acids is 1. The van der Waals surface area contributed by atoms with Crippen LogP contribution in [0.25, 0.3) is 11.5 Å². The highest BCUT2D eigenvalue weighted by Crippen LogP contribution is 2.26. The number of nitrogens with zero attached hydrogens (tertiary/aromatic N) is 3. The van der Waals surface area contributed by atoms with E-state index in [2.05, 4.69) is 10.2 Å². The maximum Gasteiger partial charge on any atom is 0.338 e. The molecule has 0 bridgehead atoms. The van der Waals surface area contributed by atoms with Crippen molar-refractivity contribution < 1.29 is 13.9 Å². The standard InChI is InChI=1S/C17H10ClN3O3/c18-14-4-2-1-3-13(14)16-21-20-15(24-16)10-23-17(22)12-7-5-11(9-19)6-8-12/h1-8H,10H2. The molecular formula is C17H10ClN3O3. The maximum absolute atomic E-state index is 11.9. The Labute approximate surface area is 142 Å². The second-order valence-corrected chi connectivity index (χ2v) is 5.15. The average molecular weight is 340 g/mol. The minimum absolute atomic E-state index is 0.156. The van der Waals surface area contributed by atoms with Crippen molar-refractivity contribution in [2.24, 2.45) is 0 Å². The van der Waals surface area contributed by atoms with Crippen LogP contribution in [0.15, 0.2) is 52.9 Å². The molecule has 0 unspecified atom stereocenters. The molecule has 0 aliphatic heterocycles. The number of hydrogen-bond donors (Lipinski definition) is 0. The smallest absolute Gasteiger partial charge is 0.338 e. The van der Waals surface area contributed by atoms with E-state index in [1.165, 1.54) is 12.1 Å². The van der Waals surface area contributed by atoms with Gasteiger partial charge in [-0.25, -0.2) is 4.79 Å². The number of benzene rings is 2. The number of carbonyl (C=O) groups is 1. The van der Waals surface area contributed by atoms with Crippen molar-refractivity contribution in [2.75, 3.05) is 0 Å². The number of hydrogen-bond acceptors (Lipinski definition) is 6. The molecule has 2 aromatic carbocycles. The van der Waals surface area contributed by atoms with E-state index in [0.717, 1.165) is 0 Å². The van der Waals surface area contributed by atoms with Crippen molar-refractivity contribution >= 4 is 17.6 Å². The van der Waals surface area contributed by atoms with E-state index in [0.29, 0.717) is 21.7 Å². The molecule has 0 radical (unpaired) electrons. The third-order valence-electron chi connectivity index (χ3n) is 3.15. The van der Waals surface area contributed by atoms with Gasteiger partial charge < -0.3 is 9.15 Å². The normalized spacial score (nSPS) is 10.2. The summed E-state index contributed by atoms with van der Waals surface area (Å²) in [5.41, 5.74) is 1.41. The van der Waals surface area contributed by atoms with Gasteiger partial charge in [0.25, 0.3) is 5.89 Å². The first kappa shape index (κ1) is 15.7. The van der Waals surface area contributed by atoms with Gasteiger partial charge in [0.1, 0.15) is 0 Å². The van der Waals surface area contributed by atoms with Crippen LogP contribution in [-0.2, 0) is 11.3 Å². The Morgan fingerprint density at radius 3 is 2.62 bits per heavy atom. The van der Waals surface area contributed by atoms with Gasteiger partial charge in [-0.15, -0.1) is 10.2 Å². The van der Waals surface area contributed by atoms with Crippen LogP contribution >= 0.6 is 11.6 Å². The first-order valence-corrected chi connectivity index (χ1v) is 7.30. The Morgan fingerprint density at radius 2 is 1.92 bits per heavy atom. The third-order valence-corrected chi connectivity index (χ3v) is 3.48. The molecule has 0 atom stereocenters. The van der Waals surface area contributed by atoms with E-state index in [1.54, 1.807) is 36.4 Å². The molecule has 1 heterocycles. The van der Waals surface area contributed by atoms with Crippen LogP contribution in [0.4, 0.5) is 0 Å². The van der Waals surface area contributed by atoms with Crippen molar-refractivity contribution in [3.05, 3.63) is 70.6 Å². The zero-order valence-electron chi connectivity index (χ0n) is 12.3. The average Bonchev–Trinajstić information content (AvgIpc) is 3.09. The molecule has 24 heavy (non-hydrogen) atoms. The summed E-state index contributed by atoms with van der Waals surface area (Å²) in [6.45, 7) is -0.156. The highest BCUT2D eigenvalue weighted by Gasteiger charge is 2.14. The topological polar surface area (TPSA) is 89.0 Å². The number of ether oxygens (including phenoxy) is 1. The molecule has 0 aliphatic rings. The largest absolute Gasteiger partial charge is 0.452 e. The molecule has 0 amide bonds. The van der Waals surface area contributed by atoms with Gasteiger partial charge in [0.05, 0.1) is 27.8 Å². The molecule has 0 N–H and O–H groups in total. The van der Waals surface area contributed by atoms with E-state index in [9.17, 15) is 4.79 Å². The molecule has 1 aromatic heterocycles. The van der Waals surface area contributed by atoms with Gasteiger partial charge in [-0.2, -0.15) is 5.26 Å². The zero-order chi connectivity index (χ0) is 16.9. The molecule has 6 nitrogen and oxygen atoms in total. The lowest BCUT2D eigenvalue weighted by atomic mass is 10.1. The molecule has 3 aromatic rings. The van der Waals surface area contributed by atoms with E-state index < -0.39 is 5.97 Å². The Balaban J connectivity index is 1.66. The second-order valence-electron chi connectivity index (χ2n) is 4.75. The lowest BCUT2D eigenvalue weighted by Gasteiger charge is -2.02. The van der Waals surface area contributed by atoms with E-state index in [4.69, 9.17) is 26.0 Å². The molecule has 0 aliphatic carbocycles. The molecule has 0 saturated carbocycles. The van der Waals surface area contributed by atoms with Gasteiger partial charge in [-0.05, 0) is 36.4 Å². The van der Waals surface area contributed by atoms with Crippen LogP contribution in [0.2, 0.25) is 5.02 Å². The van der Waals surface area contributed by atoms with Gasteiger partial charge in [-0.1, -0.05) is 23.7 Å². The summed E-state index contributed by atoms with van der Waals surface area (Å²) in [6.07, 6.45) is 0. The fourth-order valence-corrected chi connectivity index (χ4v) is 2.16. The van der Waals surface area contributed by atoms with Crippen LogP contribution in [0, 0.1) is 11.3 Å². The Bertz CT molecular complexity index is 913. The fourth-order valence-electron chi connectivity index (χ4n) is 1.95. The van der Waals surface area contributed by atoms with E-state index in [-0.39, 0.29) is 18.4 Å². The first-order chi connectivity index (χ1) is 11.7. The van der Waals surface area contributed by atoms with Crippen molar-refractivity contribution in [1.82, 2.24) is 10.2 Å². The molecule has 3 rings (SSSR count). The molecule has 0 saturated heterocycles. The summed E-state index contributed by atoms with van der Waals surface area (Å²) in [5.74, 6) is -0.131. The van der Waals surface area contributed by atoms with Crippen LogP contribution < -0.4 is 0 Å².